The first-order chi connectivity index (χ1) is 19.2. The van der Waals surface area contributed by atoms with Crippen LogP contribution in [0.2, 0.25) is 0 Å². The van der Waals surface area contributed by atoms with Crippen LogP contribution in [0, 0.1) is 5.92 Å². The van der Waals surface area contributed by atoms with Gasteiger partial charge in [-0.1, -0.05) is 62.4 Å². The quantitative estimate of drug-likeness (QED) is 0.229. The standard InChI is InChI=1S/C30H37N5O5/c1-20(2)19-40-35-28(37)17-26(34-27(36)14-13-22-9-5-4-6-10-22)30(39)33-21(3)29(38)32-18-23-15-16-31-25-12-8-7-11-24(23)25/h4-12,15-16,20-21,26H,13-14,17-19H2,1-3H3,(H,32,38)(H,33,39)(H,34,36)(H,35,37)/t21-,26-/m0/s1. The maximum absolute atomic E-state index is 13.1. The third-order valence-electron chi connectivity index (χ3n) is 6.07. The van der Waals surface area contributed by atoms with Gasteiger partial charge >= 0.3 is 0 Å². The Kier molecular flexibility index (Phi) is 11.6. The van der Waals surface area contributed by atoms with Crippen molar-refractivity contribution in [3.8, 4) is 0 Å². The summed E-state index contributed by atoms with van der Waals surface area (Å²) in [5, 5.41) is 8.99. The van der Waals surface area contributed by atoms with E-state index in [1.54, 1.807) is 6.20 Å². The van der Waals surface area contributed by atoms with Gasteiger partial charge in [-0.25, -0.2) is 5.48 Å². The van der Waals surface area contributed by atoms with Crippen LogP contribution in [0.1, 0.15) is 44.7 Å². The number of hydroxylamine groups is 1. The van der Waals surface area contributed by atoms with E-state index in [1.165, 1.54) is 6.92 Å². The largest absolute Gasteiger partial charge is 0.350 e. The number of nitrogens with one attached hydrogen (secondary N) is 4. The minimum absolute atomic E-state index is 0.134. The fraction of sp³-hybridized carbons (Fsp3) is 0.367. The number of hydrogen-bond acceptors (Lipinski definition) is 6. The first-order valence-corrected chi connectivity index (χ1v) is 13.4. The maximum atomic E-state index is 13.1. The van der Waals surface area contributed by atoms with Gasteiger partial charge < -0.3 is 16.0 Å². The molecule has 0 saturated carbocycles. The molecule has 40 heavy (non-hydrogen) atoms. The summed E-state index contributed by atoms with van der Waals surface area (Å²) in [5.74, 6) is -1.81. The average molecular weight is 548 g/mol. The van der Waals surface area contributed by atoms with Crippen LogP contribution in [0.25, 0.3) is 10.9 Å². The first kappa shape index (κ1) is 30.2. The summed E-state index contributed by atoms with van der Waals surface area (Å²) >= 11 is 0. The predicted octanol–water partition coefficient (Wildman–Crippen LogP) is 2.57. The SMILES string of the molecule is CC(C)CONC(=O)C[C@H](NC(=O)CCc1ccccc1)C(=O)N[C@@H](C)C(=O)NCc1ccnc2ccccc12. The van der Waals surface area contributed by atoms with Crippen molar-refractivity contribution in [2.45, 2.75) is 58.7 Å². The van der Waals surface area contributed by atoms with Crippen LogP contribution in [-0.4, -0.2) is 47.3 Å². The highest BCUT2D eigenvalue weighted by atomic mass is 16.6. The van der Waals surface area contributed by atoms with Crippen LogP contribution in [-0.2, 0) is 37.0 Å². The fourth-order valence-electron chi connectivity index (χ4n) is 3.92. The number of hydrogen-bond donors (Lipinski definition) is 4. The van der Waals surface area contributed by atoms with Crippen molar-refractivity contribution >= 4 is 34.5 Å². The molecule has 10 heteroatoms. The van der Waals surface area contributed by atoms with E-state index in [2.05, 4.69) is 26.4 Å². The van der Waals surface area contributed by atoms with Gasteiger partial charge in [0.2, 0.25) is 23.6 Å². The van der Waals surface area contributed by atoms with Gasteiger partial charge in [-0.2, -0.15) is 0 Å². The number of para-hydroxylation sites is 1. The molecule has 0 bridgehead atoms. The van der Waals surface area contributed by atoms with E-state index >= 15 is 0 Å². The average Bonchev–Trinajstić information content (AvgIpc) is 2.94. The zero-order valence-electron chi connectivity index (χ0n) is 23.1. The molecule has 0 saturated heterocycles. The molecule has 0 aliphatic carbocycles. The molecule has 1 aromatic heterocycles. The Morgan fingerprint density at radius 2 is 1.57 bits per heavy atom. The normalized spacial score (nSPS) is 12.4. The molecule has 0 aliphatic heterocycles. The number of benzene rings is 2. The highest BCUT2D eigenvalue weighted by Crippen LogP contribution is 2.15. The molecule has 10 nitrogen and oxygen atoms in total. The number of fused-ring (bicyclic) bond motifs is 1. The van der Waals surface area contributed by atoms with Crippen LogP contribution in [0.5, 0.6) is 0 Å². The molecule has 0 spiro atoms. The zero-order valence-corrected chi connectivity index (χ0v) is 23.1. The summed E-state index contributed by atoms with van der Waals surface area (Å²) in [6.07, 6.45) is 1.94. The van der Waals surface area contributed by atoms with Gasteiger partial charge in [0.1, 0.15) is 12.1 Å². The minimum atomic E-state index is -1.19. The second kappa shape index (κ2) is 15.3. The third kappa shape index (κ3) is 9.77. The summed E-state index contributed by atoms with van der Waals surface area (Å²) in [7, 11) is 0. The van der Waals surface area contributed by atoms with Crippen molar-refractivity contribution in [2.24, 2.45) is 5.92 Å². The van der Waals surface area contributed by atoms with E-state index in [4.69, 9.17) is 4.84 Å². The monoisotopic (exact) mass is 547 g/mol. The Morgan fingerprint density at radius 3 is 2.33 bits per heavy atom. The van der Waals surface area contributed by atoms with Gasteiger partial charge in [0.05, 0.1) is 18.5 Å². The predicted molar refractivity (Wildman–Crippen MR) is 151 cm³/mol. The molecule has 3 rings (SSSR count). The van der Waals surface area contributed by atoms with Crippen molar-refractivity contribution in [3.63, 3.8) is 0 Å². The molecule has 0 fully saturated rings. The smallest absolute Gasteiger partial charge is 0.246 e. The number of aryl methyl sites for hydroxylation is 1. The lowest BCUT2D eigenvalue weighted by molar-refractivity contribution is -0.138. The zero-order chi connectivity index (χ0) is 28.9. The van der Waals surface area contributed by atoms with Crippen molar-refractivity contribution in [1.82, 2.24) is 26.4 Å². The fourth-order valence-corrected chi connectivity index (χ4v) is 3.92. The molecule has 0 radical (unpaired) electrons. The summed E-state index contributed by atoms with van der Waals surface area (Å²) in [6, 6.07) is 16.8. The molecule has 212 valence electrons. The number of carbonyl (C=O) groups excluding carboxylic acids is 4. The number of carbonyl (C=O) groups is 4. The second-order valence-corrected chi connectivity index (χ2v) is 9.98. The third-order valence-corrected chi connectivity index (χ3v) is 6.07. The Hall–Kier alpha value is -4.31. The Bertz CT molecular complexity index is 1290. The van der Waals surface area contributed by atoms with Gasteiger partial charge in [0, 0.05) is 24.5 Å². The molecule has 0 unspecified atom stereocenters. The van der Waals surface area contributed by atoms with Gasteiger partial charge in [-0.15, -0.1) is 0 Å². The van der Waals surface area contributed by atoms with Gasteiger partial charge in [0.25, 0.3) is 0 Å². The topological polar surface area (TPSA) is 139 Å². The minimum Gasteiger partial charge on any atom is -0.350 e. The number of nitrogens with zero attached hydrogens (tertiary/aromatic N) is 1. The molecule has 4 amide bonds. The first-order valence-electron chi connectivity index (χ1n) is 13.4. The van der Waals surface area contributed by atoms with Gasteiger partial charge in [-0.05, 0) is 42.5 Å². The highest BCUT2D eigenvalue weighted by Gasteiger charge is 2.27. The van der Waals surface area contributed by atoms with Crippen molar-refractivity contribution in [1.29, 1.82) is 0 Å². The van der Waals surface area contributed by atoms with Gasteiger partial charge in [-0.3, -0.25) is 29.0 Å². The summed E-state index contributed by atoms with van der Waals surface area (Å²) in [5.41, 5.74) is 4.99. The van der Waals surface area contributed by atoms with E-state index in [-0.39, 0.29) is 31.2 Å². The lowest BCUT2D eigenvalue weighted by Crippen LogP contribution is -2.53. The molecule has 2 aromatic carbocycles. The van der Waals surface area contributed by atoms with Crippen molar-refractivity contribution < 1.29 is 24.0 Å². The number of amides is 4. The molecule has 2 atom stereocenters. The van der Waals surface area contributed by atoms with Crippen molar-refractivity contribution in [2.75, 3.05) is 6.61 Å². The Morgan fingerprint density at radius 1 is 0.850 bits per heavy atom. The van der Waals surface area contributed by atoms with E-state index in [9.17, 15) is 19.2 Å². The highest BCUT2D eigenvalue weighted by molar-refractivity contribution is 5.94. The van der Waals surface area contributed by atoms with Crippen LogP contribution in [0.15, 0.2) is 66.9 Å². The number of rotatable bonds is 14. The van der Waals surface area contributed by atoms with Crippen LogP contribution >= 0.6 is 0 Å². The number of pyridine rings is 1. The molecule has 0 aliphatic rings. The summed E-state index contributed by atoms with van der Waals surface area (Å²) in [6.45, 7) is 5.95. The second-order valence-electron chi connectivity index (χ2n) is 9.98. The maximum Gasteiger partial charge on any atom is 0.246 e. The van der Waals surface area contributed by atoms with Gasteiger partial charge in [0.15, 0.2) is 0 Å². The van der Waals surface area contributed by atoms with Crippen LogP contribution in [0.4, 0.5) is 0 Å². The van der Waals surface area contributed by atoms with Crippen LogP contribution < -0.4 is 21.4 Å². The molecule has 1 heterocycles. The van der Waals surface area contributed by atoms with Crippen LogP contribution in [0.3, 0.4) is 0 Å². The summed E-state index contributed by atoms with van der Waals surface area (Å²) in [4.78, 5) is 60.5. The lowest BCUT2D eigenvalue weighted by Gasteiger charge is -2.21. The van der Waals surface area contributed by atoms with E-state index in [0.717, 1.165) is 22.0 Å². The molecule has 3 aromatic rings. The van der Waals surface area contributed by atoms with Crippen molar-refractivity contribution in [3.05, 3.63) is 78.0 Å². The van der Waals surface area contributed by atoms with E-state index in [0.29, 0.717) is 13.0 Å². The van der Waals surface area contributed by atoms with E-state index < -0.39 is 29.8 Å². The lowest BCUT2D eigenvalue weighted by atomic mass is 10.1. The molecular weight excluding hydrogens is 510 g/mol. The Labute approximate surface area is 234 Å². The molecular formula is C30H37N5O5. The Balaban J connectivity index is 1.58. The number of aromatic nitrogens is 1. The summed E-state index contributed by atoms with van der Waals surface area (Å²) < 4.78 is 0. The molecule has 4 N–H and O–H groups in total. The van der Waals surface area contributed by atoms with E-state index in [1.807, 2.05) is 74.5 Å².